The smallest absolute Gasteiger partial charge is 0.264 e. The fourth-order valence-corrected chi connectivity index (χ4v) is 5.11. The second-order valence-corrected chi connectivity index (χ2v) is 9.58. The third-order valence-electron chi connectivity index (χ3n) is 5.57. The molecule has 178 valence electrons. The largest absolute Gasteiger partial charge is 0.456 e. The number of aromatic nitrogens is 2. The first-order valence-corrected chi connectivity index (χ1v) is 12.2. The number of ether oxygens (including phenoxy) is 1. The summed E-state index contributed by atoms with van der Waals surface area (Å²) in [6, 6.07) is 13.9. The Morgan fingerprint density at radius 1 is 1.17 bits per heavy atom. The van der Waals surface area contributed by atoms with Crippen molar-refractivity contribution in [1.29, 1.82) is 0 Å². The summed E-state index contributed by atoms with van der Waals surface area (Å²) >= 11 is 7.74. The van der Waals surface area contributed by atoms with E-state index in [0.29, 0.717) is 57.8 Å². The number of rotatable bonds is 6. The number of thiophene rings is 1. The van der Waals surface area contributed by atoms with Crippen LogP contribution in [0, 0.1) is 0 Å². The van der Waals surface area contributed by atoms with Crippen molar-refractivity contribution >= 4 is 50.8 Å². The van der Waals surface area contributed by atoms with Crippen molar-refractivity contribution in [2.24, 2.45) is 0 Å². The van der Waals surface area contributed by atoms with Gasteiger partial charge in [-0.3, -0.25) is 14.6 Å². The van der Waals surface area contributed by atoms with Gasteiger partial charge < -0.3 is 20.1 Å². The SMILES string of the molecule is O=C(Cc1ccc(Oc2ccnc3cc(C(=O)N4CCC(O)C4)sc23)cc1Cl)Nc1ccccn1. The minimum atomic E-state index is -0.473. The van der Waals surface area contributed by atoms with E-state index in [2.05, 4.69) is 15.3 Å². The molecule has 1 aliphatic rings. The summed E-state index contributed by atoms with van der Waals surface area (Å²) in [5.41, 5.74) is 1.31. The number of halogens is 1. The molecule has 4 heterocycles. The monoisotopic (exact) mass is 508 g/mol. The van der Waals surface area contributed by atoms with Crippen molar-refractivity contribution in [3.63, 3.8) is 0 Å². The van der Waals surface area contributed by atoms with Gasteiger partial charge in [0, 0.05) is 36.6 Å². The Balaban J connectivity index is 1.30. The molecule has 5 rings (SSSR count). The lowest BCUT2D eigenvalue weighted by molar-refractivity contribution is -0.115. The number of carbonyl (C=O) groups is 2. The van der Waals surface area contributed by atoms with E-state index in [0.717, 1.165) is 4.70 Å². The molecule has 1 aromatic carbocycles. The van der Waals surface area contributed by atoms with Crippen molar-refractivity contribution in [1.82, 2.24) is 14.9 Å². The molecule has 0 bridgehead atoms. The fraction of sp³-hybridized carbons (Fsp3) is 0.200. The summed E-state index contributed by atoms with van der Waals surface area (Å²) in [5, 5.41) is 12.9. The highest BCUT2D eigenvalue weighted by atomic mass is 35.5. The zero-order chi connectivity index (χ0) is 24.4. The fourth-order valence-electron chi connectivity index (χ4n) is 3.84. The third-order valence-corrected chi connectivity index (χ3v) is 7.05. The van der Waals surface area contributed by atoms with Gasteiger partial charge in [-0.1, -0.05) is 23.7 Å². The number of pyridine rings is 2. The molecule has 0 spiro atoms. The van der Waals surface area contributed by atoms with Crippen LogP contribution in [0.4, 0.5) is 5.82 Å². The number of anilines is 1. The minimum Gasteiger partial charge on any atom is -0.456 e. The van der Waals surface area contributed by atoms with E-state index in [1.165, 1.54) is 11.3 Å². The number of nitrogens with zero attached hydrogens (tertiary/aromatic N) is 3. The van der Waals surface area contributed by atoms with E-state index in [-0.39, 0.29) is 18.2 Å². The van der Waals surface area contributed by atoms with Crippen LogP contribution in [-0.2, 0) is 11.2 Å². The molecule has 35 heavy (non-hydrogen) atoms. The first-order chi connectivity index (χ1) is 17.0. The molecule has 0 aliphatic carbocycles. The topological polar surface area (TPSA) is 105 Å². The predicted molar refractivity (Wildman–Crippen MR) is 134 cm³/mol. The van der Waals surface area contributed by atoms with Gasteiger partial charge in [-0.25, -0.2) is 4.98 Å². The van der Waals surface area contributed by atoms with Crippen molar-refractivity contribution < 1.29 is 19.4 Å². The highest BCUT2D eigenvalue weighted by molar-refractivity contribution is 7.21. The van der Waals surface area contributed by atoms with Gasteiger partial charge in [-0.2, -0.15) is 0 Å². The maximum atomic E-state index is 12.8. The molecule has 4 aromatic rings. The number of nitrogens with one attached hydrogen (secondary N) is 1. The average molecular weight is 509 g/mol. The third kappa shape index (κ3) is 5.27. The summed E-state index contributed by atoms with van der Waals surface area (Å²) in [6.07, 6.45) is 3.44. The summed E-state index contributed by atoms with van der Waals surface area (Å²) in [6.45, 7) is 0.879. The summed E-state index contributed by atoms with van der Waals surface area (Å²) < 4.78 is 6.82. The lowest BCUT2D eigenvalue weighted by atomic mass is 10.1. The van der Waals surface area contributed by atoms with Gasteiger partial charge in [0.15, 0.2) is 0 Å². The maximum Gasteiger partial charge on any atom is 0.264 e. The Kier molecular flexibility index (Phi) is 6.63. The van der Waals surface area contributed by atoms with Gasteiger partial charge in [-0.15, -0.1) is 11.3 Å². The molecule has 1 fully saturated rings. The standard InChI is InChI=1S/C25H21ClN4O4S/c26-18-12-17(5-4-15(18)11-23(32)29-22-3-1-2-8-28-22)34-20-6-9-27-19-13-21(35-24(19)20)25(33)30-10-7-16(31)14-30/h1-6,8-9,12-13,16,31H,7,10-11,14H2,(H,28,29,32). The maximum absolute atomic E-state index is 12.8. The molecule has 3 aromatic heterocycles. The first kappa shape index (κ1) is 23.2. The highest BCUT2D eigenvalue weighted by Gasteiger charge is 2.27. The quantitative estimate of drug-likeness (QED) is 0.396. The zero-order valence-electron chi connectivity index (χ0n) is 18.5. The molecule has 0 radical (unpaired) electrons. The molecule has 1 aliphatic heterocycles. The lowest BCUT2D eigenvalue weighted by Gasteiger charge is -2.13. The van der Waals surface area contributed by atoms with Gasteiger partial charge >= 0.3 is 0 Å². The molecule has 0 saturated carbocycles. The highest BCUT2D eigenvalue weighted by Crippen LogP contribution is 2.36. The Bertz CT molecular complexity index is 1400. The second-order valence-electron chi connectivity index (χ2n) is 8.12. The Hall–Kier alpha value is -3.53. The number of aliphatic hydroxyl groups excluding tert-OH is 1. The van der Waals surface area contributed by atoms with Crippen LogP contribution in [0.25, 0.3) is 10.2 Å². The van der Waals surface area contributed by atoms with E-state index in [1.54, 1.807) is 65.8 Å². The van der Waals surface area contributed by atoms with Crippen molar-refractivity contribution in [2.75, 3.05) is 18.4 Å². The number of aliphatic hydroxyl groups is 1. The van der Waals surface area contributed by atoms with Crippen LogP contribution in [0.3, 0.4) is 0 Å². The number of β-amino-alcohol motifs (C(OH)–C–C–N with tert-alkyl or cyclic N) is 1. The molecule has 1 saturated heterocycles. The van der Waals surface area contributed by atoms with Crippen molar-refractivity contribution in [3.8, 4) is 11.5 Å². The number of benzene rings is 1. The van der Waals surface area contributed by atoms with E-state index in [9.17, 15) is 14.7 Å². The van der Waals surface area contributed by atoms with Crippen LogP contribution in [0.2, 0.25) is 5.02 Å². The average Bonchev–Trinajstić information content (AvgIpc) is 3.48. The molecule has 2 N–H and O–H groups in total. The van der Waals surface area contributed by atoms with Crippen LogP contribution in [0.15, 0.2) is 60.9 Å². The first-order valence-electron chi connectivity index (χ1n) is 11.0. The number of carbonyl (C=O) groups excluding carboxylic acids is 2. The van der Waals surface area contributed by atoms with Crippen LogP contribution in [0.5, 0.6) is 11.5 Å². The summed E-state index contributed by atoms with van der Waals surface area (Å²) in [4.78, 5) is 35.8. The van der Waals surface area contributed by atoms with Crippen molar-refractivity contribution in [2.45, 2.75) is 18.9 Å². The molecular formula is C25H21ClN4O4S. The Labute approximate surface area is 210 Å². The number of hydrogen-bond donors (Lipinski definition) is 2. The van der Waals surface area contributed by atoms with Crippen LogP contribution in [0.1, 0.15) is 21.7 Å². The van der Waals surface area contributed by atoms with Crippen LogP contribution < -0.4 is 10.1 Å². The van der Waals surface area contributed by atoms with E-state index >= 15 is 0 Å². The second kappa shape index (κ2) is 9.99. The molecule has 1 atom stereocenters. The molecule has 10 heteroatoms. The number of amides is 2. The van der Waals surface area contributed by atoms with E-state index < -0.39 is 6.10 Å². The lowest BCUT2D eigenvalue weighted by Crippen LogP contribution is -2.28. The number of likely N-dealkylation sites (tertiary alicyclic amines) is 1. The van der Waals surface area contributed by atoms with Gasteiger partial charge in [-0.05, 0) is 42.3 Å². The van der Waals surface area contributed by atoms with Gasteiger partial charge in [0.1, 0.15) is 17.3 Å². The number of hydrogen-bond acceptors (Lipinski definition) is 7. The summed E-state index contributed by atoms with van der Waals surface area (Å²) in [7, 11) is 0. The predicted octanol–water partition coefficient (Wildman–Crippen LogP) is 4.53. The Morgan fingerprint density at radius 2 is 2.06 bits per heavy atom. The molecule has 2 amide bonds. The molecule has 8 nitrogen and oxygen atoms in total. The van der Waals surface area contributed by atoms with Gasteiger partial charge in [0.05, 0.1) is 27.6 Å². The molecular weight excluding hydrogens is 488 g/mol. The van der Waals surface area contributed by atoms with E-state index in [1.807, 2.05) is 0 Å². The van der Waals surface area contributed by atoms with Crippen LogP contribution in [-0.4, -0.2) is 51.0 Å². The molecule has 1 unspecified atom stereocenters. The van der Waals surface area contributed by atoms with Crippen molar-refractivity contribution in [3.05, 3.63) is 76.4 Å². The van der Waals surface area contributed by atoms with E-state index in [4.69, 9.17) is 16.3 Å². The normalized spacial score (nSPS) is 15.4. The van der Waals surface area contributed by atoms with Crippen LogP contribution >= 0.6 is 22.9 Å². The van der Waals surface area contributed by atoms with Gasteiger partial charge in [0.2, 0.25) is 5.91 Å². The summed E-state index contributed by atoms with van der Waals surface area (Å²) in [5.74, 6) is 1.19. The Morgan fingerprint density at radius 3 is 2.80 bits per heavy atom. The van der Waals surface area contributed by atoms with Gasteiger partial charge in [0.25, 0.3) is 5.91 Å². The zero-order valence-corrected chi connectivity index (χ0v) is 20.1. The minimum absolute atomic E-state index is 0.0940. The number of fused-ring (bicyclic) bond motifs is 1.